The van der Waals surface area contributed by atoms with E-state index in [-0.39, 0.29) is 5.54 Å². The highest BCUT2D eigenvalue weighted by molar-refractivity contribution is 7.09. The molecule has 0 aliphatic heterocycles. The molecule has 2 aromatic heterocycles. The summed E-state index contributed by atoms with van der Waals surface area (Å²) in [5, 5.41) is 18.8. The number of rotatable bonds is 5. The monoisotopic (exact) mass is 455 g/mol. The zero-order chi connectivity index (χ0) is 23.4. The molecule has 2 heterocycles. The van der Waals surface area contributed by atoms with Crippen molar-refractivity contribution in [3.8, 4) is 11.3 Å². The van der Waals surface area contributed by atoms with Crippen LogP contribution >= 0.6 is 11.3 Å². The Hall–Kier alpha value is -2.79. The average Bonchev–Trinajstić information content (AvgIpc) is 3.32. The van der Waals surface area contributed by atoms with Gasteiger partial charge in [0.25, 0.3) is 0 Å². The second-order valence-corrected chi connectivity index (χ2v) is 8.49. The lowest BCUT2D eigenvalue weighted by Crippen LogP contribution is -2.35. The van der Waals surface area contributed by atoms with Gasteiger partial charge in [0, 0.05) is 10.9 Å². The van der Waals surface area contributed by atoms with Gasteiger partial charge in [0.05, 0.1) is 24.0 Å². The molecule has 0 fully saturated rings. The maximum absolute atomic E-state index is 10.6. The third-order valence-electron chi connectivity index (χ3n) is 4.72. The minimum atomic E-state index is -5.08. The molecule has 7 nitrogen and oxygen atoms in total. The van der Waals surface area contributed by atoms with Crippen LogP contribution in [0.25, 0.3) is 11.3 Å². The molecule has 0 atom stereocenters. The van der Waals surface area contributed by atoms with E-state index in [1.54, 1.807) is 11.3 Å². The minimum absolute atomic E-state index is 0.145. The molecule has 0 spiro atoms. The van der Waals surface area contributed by atoms with Crippen LogP contribution in [-0.4, -0.2) is 56.2 Å². The van der Waals surface area contributed by atoms with E-state index in [9.17, 15) is 13.2 Å². The van der Waals surface area contributed by atoms with Gasteiger partial charge in [0.2, 0.25) is 0 Å². The molecular weight excluding hydrogens is 431 g/mol. The Bertz CT molecular complexity index is 1010. The second kappa shape index (κ2) is 9.56. The van der Waals surface area contributed by atoms with E-state index >= 15 is 0 Å². The number of alkyl halides is 3. The lowest BCUT2D eigenvalue weighted by molar-refractivity contribution is -0.192. The Morgan fingerprint density at radius 2 is 1.77 bits per heavy atom. The first-order valence-corrected chi connectivity index (χ1v) is 10.1. The Morgan fingerprint density at radius 1 is 1.19 bits per heavy atom. The molecule has 0 aliphatic rings. The third-order valence-corrected chi connectivity index (χ3v) is 5.56. The number of aromatic nitrogens is 4. The molecule has 0 bridgehead atoms. The first kappa shape index (κ1) is 24.5. The molecule has 3 aromatic rings. The van der Waals surface area contributed by atoms with Gasteiger partial charge in [-0.15, -0.1) is 16.4 Å². The van der Waals surface area contributed by atoms with Crippen LogP contribution in [0, 0.1) is 6.92 Å². The number of carbonyl (C=O) groups is 1. The highest BCUT2D eigenvalue weighted by atomic mass is 32.1. The molecule has 11 heteroatoms. The Morgan fingerprint density at radius 3 is 2.29 bits per heavy atom. The SMILES string of the molecule is Cc1ccc(-c2csc(Cn3cc(C(C)(C)N(C)C)nn3)n2)cc1.O=C(O)C(F)(F)F. The van der Waals surface area contributed by atoms with Crippen molar-refractivity contribution in [3.05, 3.63) is 52.1 Å². The summed E-state index contributed by atoms with van der Waals surface area (Å²) in [7, 11) is 4.10. The number of hydrogen-bond donors (Lipinski definition) is 1. The van der Waals surface area contributed by atoms with E-state index in [1.165, 1.54) is 5.56 Å². The number of thiazole rings is 1. The van der Waals surface area contributed by atoms with Crippen molar-refractivity contribution in [3.63, 3.8) is 0 Å². The molecule has 0 aliphatic carbocycles. The van der Waals surface area contributed by atoms with Crippen molar-refractivity contribution in [2.45, 2.75) is 39.0 Å². The first-order valence-electron chi connectivity index (χ1n) is 9.20. The number of hydrogen-bond acceptors (Lipinski definition) is 6. The summed E-state index contributed by atoms with van der Waals surface area (Å²) in [4.78, 5) is 15.8. The van der Waals surface area contributed by atoms with Crippen LogP contribution in [0.1, 0.15) is 30.1 Å². The van der Waals surface area contributed by atoms with Crippen LogP contribution < -0.4 is 0 Å². The van der Waals surface area contributed by atoms with Gasteiger partial charge in [-0.3, -0.25) is 4.90 Å². The summed E-state index contributed by atoms with van der Waals surface area (Å²) in [6.45, 7) is 7.02. The minimum Gasteiger partial charge on any atom is -0.475 e. The normalized spacial score (nSPS) is 11.9. The Balaban J connectivity index is 0.000000423. The fraction of sp³-hybridized carbons (Fsp3) is 0.400. The fourth-order valence-corrected chi connectivity index (χ4v) is 3.06. The van der Waals surface area contributed by atoms with Crippen molar-refractivity contribution >= 4 is 17.3 Å². The van der Waals surface area contributed by atoms with Crippen LogP contribution in [0.4, 0.5) is 13.2 Å². The fourth-order valence-electron chi connectivity index (χ4n) is 2.26. The largest absolute Gasteiger partial charge is 0.490 e. The zero-order valence-corrected chi connectivity index (χ0v) is 18.6. The smallest absolute Gasteiger partial charge is 0.475 e. The number of carboxylic acid groups (broad SMARTS) is 1. The lowest BCUT2D eigenvalue weighted by Gasteiger charge is -2.29. The second-order valence-electron chi connectivity index (χ2n) is 7.55. The molecule has 1 N–H and O–H groups in total. The summed E-state index contributed by atoms with van der Waals surface area (Å²) < 4.78 is 33.6. The molecule has 31 heavy (non-hydrogen) atoms. The maximum Gasteiger partial charge on any atom is 0.490 e. The van der Waals surface area contributed by atoms with E-state index in [0.29, 0.717) is 6.54 Å². The summed E-state index contributed by atoms with van der Waals surface area (Å²) in [6.07, 6.45) is -3.08. The number of nitrogens with zero attached hydrogens (tertiary/aromatic N) is 5. The van der Waals surface area contributed by atoms with E-state index in [1.807, 2.05) is 25.0 Å². The number of aliphatic carboxylic acids is 1. The average molecular weight is 456 g/mol. The van der Waals surface area contributed by atoms with Gasteiger partial charge in [-0.25, -0.2) is 14.5 Å². The van der Waals surface area contributed by atoms with Gasteiger partial charge < -0.3 is 5.11 Å². The van der Waals surface area contributed by atoms with Gasteiger partial charge in [-0.05, 0) is 34.9 Å². The highest BCUT2D eigenvalue weighted by Crippen LogP contribution is 2.25. The molecular formula is C20H24F3N5O2S. The standard InChI is InChI=1S/C18H23N5S.C2HF3O2/c1-13-6-8-14(9-7-13)15-12-24-17(19-15)11-23-10-16(20-21-23)18(2,3)22(4)5;3-2(4,5)1(6)7/h6-10,12H,11H2,1-5H3;(H,6,7). The van der Waals surface area contributed by atoms with Crippen molar-refractivity contribution in [2.75, 3.05) is 14.1 Å². The summed E-state index contributed by atoms with van der Waals surface area (Å²) in [6, 6.07) is 8.45. The van der Waals surface area contributed by atoms with Gasteiger partial charge in [-0.2, -0.15) is 13.2 Å². The lowest BCUT2D eigenvalue weighted by atomic mass is 10.0. The van der Waals surface area contributed by atoms with Gasteiger partial charge in [-0.1, -0.05) is 35.0 Å². The van der Waals surface area contributed by atoms with Gasteiger partial charge >= 0.3 is 12.1 Å². The van der Waals surface area contributed by atoms with Crippen molar-refractivity contribution in [1.82, 2.24) is 24.9 Å². The Kier molecular flexibility index (Phi) is 7.55. The maximum atomic E-state index is 10.6. The predicted octanol–water partition coefficient (Wildman–Crippen LogP) is 4.19. The van der Waals surface area contributed by atoms with Crippen LogP contribution in [0.2, 0.25) is 0 Å². The zero-order valence-electron chi connectivity index (χ0n) is 17.8. The molecule has 168 valence electrons. The molecule has 0 unspecified atom stereocenters. The summed E-state index contributed by atoms with van der Waals surface area (Å²) in [5.74, 6) is -2.76. The van der Waals surface area contributed by atoms with Gasteiger partial charge in [0.15, 0.2) is 0 Å². The van der Waals surface area contributed by atoms with Gasteiger partial charge in [0.1, 0.15) is 10.7 Å². The quantitative estimate of drug-likeness (QED) is 0.621. The molecule has 1 aromatic carbocycles. The van der Waals surface area contributed by atoms with E-state index in [0.717, 1.165) is 22.0 Å². The number of halogens is 3. The van der Waals surface area contributed by atoms with E-state index < -0.39 is 12.1 Å². The number of aryl methyl sites for hydroxylation is 1. The third kappa shape index (κ3) is 6.59. The van der Waals surface area contributed by atoms with Crippen LogP contribution in [-0.2, 0) is 16.9 Å². The van der Waals surface area contributed by atoms with E-state index in [4.69, 9.17) is 14.9 Å². The molecule has 0 saturated carbocycles. The predicted molar refractivity (Wildman–Crippen MR) is 112 cm³/mol. The van der Waals surface area contributed by atoms with Crippen molar-refractivity contribution in [2.24, 2.45) is 0 Å². The molecule has 3 rings (SSSR count). The highest BCUT2D eigenvalue weighted by Gasteiger charge is 2.38. The molecule has 0 radical (unpaired) electrons. The van der Waals surface area contributed by atoms with Crippen molar-refractivity contribution in [1.29, 1.82) is 0 Å². The molecule has 0 saturated heterocycles. The Labute approximate surface area is 182 Å². The van der Waals surface area contributed by atoms with E-state index in [2.05, 4.69) is 65.6 Å². The topological polar surface area (TPSA) is 84.1 Å². The molecule has 0 amide bonds. The number of benzene rings is 1. The van der Waals surface area contributed by atoms with Crippen LogP contribution in [0.15, 0.2) is 35.8 Å². The van der Waals surface area contributed by atoms with Crippen LogP contribution in [0.3, 0.4) is 0 Å². The summed E-state index contributed by atoms with van der Waals surface area (Å²) in [5.41, 5.74) is 4.24. The summed E-state index contributed by atoms with van der Waals surface area (Å²) >= 11 is 1.66. The number of carboxylic acids is 1. The van der Waals surface area contributed by atoms with Crippen LogP contribution in [0.5, 0.6) is 0 Å². The van der Waals surface area contributed by atoms with Crippen molar-refractivity contribution < 1.29 is 23.1 Å². The first-order chi connectivity index (χ1) is 14.3.